The van der Waals surface area contributed by atoms with Crippen molar-refractivity contribution < 1.29 is 8.83 Å². The van der Waals surface area contributed by atoms with Crippen LogP contribution in [0.1, 0.15) is 22.6 Å². The van der Waals surface area contributed by atoms with Crippen LogP contribution in [0.25, 0.3) is 204 Å². The molecule has 18 aromatic carbocycles. The molecule has 0 saturated heterocycles. The summed E-state index contributed by atoms with van der Waals surface area (Å²) in [6, 6.07) is 150. The molecule has 5 heterocycles. The number of benzene rings is 18. The van der Waals surface area contributed by atoms with E-state index >= 15 is 0 Å². The summed E-state index contributed by atoms with van der Waals surface area (Å²) in [5, 5.41) is 11.8. The molecule has 532 valence electrons. The van der Waals surface area contributed by atoms with Crippen LogP contribution >= 0.6 is 0 Å². The lowest BCUT2D eigenvalue weighted by molar-refractivity contribution is 0.669. The summed E-state index contributed by atoms with van der Waals surface area (Å²) in [7, 11) is 0. The van der Waals surface area contributed by atoms with Crippen LogP contribution in [0.15, 0.2) is 421 Å². The molecule has 0 spiro atoms. The van der Waals surface area contributed by atoms with Crippen molar-refractivity contribution in [2.24, 2.45) is 0 Å². The number of aromatic nitrogens is 3. The number of hydrogen-bond donors (Lipinski definition) is 0. The number of rotatable bonds is 10. The summed E-state index contributed by atoms with van der Waals surface area (Å²) in [5.74, 6) is 0.173. The minimum absolute atomic E-state index is 0.173. The van der Waals surface area contributed by atoms with Gasteiger partial charge in [0.15, 0.2) is 5.58 Å². The van der Waals surface area contributed by atoms with E-state index in [-0.39, 0.29) is 5.92 Å². The van der Waals surface area contributed by atoms with E-state index in [0.717, 1.165) is 83.0 Å². The van der Waals surface area contributed by atoms with Crippen molar-refractivity contribution in [2.75, 3.05) is 0 Å². The topological polar surface area (TPSA) is 41.1 Å². The van der Waals surface area contributed by atoms with Crippen LogP contribution in [-0.4, -0.2) is 13.7 Å². The van der Waals surface area contributed by atoms with E-state index < -0.39 is 0 Å². The highest BCUT2D eigenvalue weighted by atomic mass is 16.3. The molecule has 5 aromatic heterocycles. The van der Waals surface area contributed by atoms with Gasteiger partial charge < -0.3 is 22.5 Å². The fourth-order valence-electron chi connectivity index (χ4n) is 18.6. The molecule has 5 heteroatoms. The minimum Gasteiger partial charge on any atom is -0.456 e. The Morgan fingerprint density at radius 1 is 0.193 bits per heavy atom. The van der Waals surface area contributed by atoms with Crippen LogP contribution in [0.4, 0.5) is 0 Å². The maximum atomic E-state index is 6.73. The van der Waals surface area contributed by atoms with Crippen LogP contribution in [0.3, 0.4) is 0 Å². The second kappa shape index (κ2) is 26.3. The number of fused-ring (bicyclic) bond motifs is 20. The maximum absolute atomic E-state index is 6.73. The summed E-state index contributed by atoms with van der Waals surface area (Å²) in [5.41, 5.74) is 35.0. The zero-order valence-corrected chi connectivity index (χ0v) is 62.0. The maximum Gasteiger partial charge on any atom is 0.160 e. The van der Waals surface area contributed by atoms with E-state index in [0.29, 0.717) is 0 Å². The molecule has 23 aromatic rings. The van der Waals surface area contributed by atoms with Gasteiger partial charge in [-0.25, -0.2) is 0 Å². The van der Waals surface area contributed by atoms with Crippen molar-refractivity contribution in [3.05, 3.63) is 429 Å². The van der Waals surface area contributed by atoms with Crippen molar-refractivity contribution in [2.45, 2.75) is 5.92 Å². The molecule has 5 nitrogen and oxygen atoms in total. The quantitative estimate of drug-likeness (QED) is 0.137. The van der Waals surface area contributed by atoms with Gasteiger partial charge in [0.1, 0.15) is 16.7 Å². The summed E-state index contributed by atoms with van der Waals surface area (Å²) in [4.78, 5) is 0. The van der Waals surface area contributed by atoms with E-state index in [2.05, 4.69) is 414 Å². The Labute approximate surface area is 657 Å². The SMILES string of the molecule is c1ccc(-c2cccc(-n3c4ccccc4c4cc(-c5ccc6c(c5)c5ccc7oc8ccccc8c7c5n6-c5cccc(-c6ccccc6)c5)ccc43)c2)cc1.c1ccc(-c2cccc(C3c4ccccc4-c4cc(-c5ccc6c(c5)c5ccc7c8ccccc8oc7c5n6-c5cccc(-c6ccccc6)c5)ccc43)c2)cc1. The van der Waals surface area contributed by atoms with Crippen LogP contribution in [0, 0.1) is 0 Å². The Morgan fingerprint density at radius 3 is 1.18 bits per heavy atom. The lowest BCUT2D eigenvalue weighted by atomic mass is 9.87. The molecule has 1 unspecified atom stereocenters. The van der Waals surface area contributed by atoms with Crippen molar-refractivity contribution in [1.82, 2.24) is 13.7 Å². The minimum atomic E-state index is 0.173. The van der Waals surface area contributed by atoms with Gasteiger partial charge in [-0.3, -0.25) is 0 Å². The zero-order valence-electron chi connectivity index (χ0n) is 62.0. The molecule has 114 heavy (non-hydrogen) atoms. The van der Waals surface area contributed by atoms with Gasteiger partial charge in [0.2, 0.25) is 0 Å². The molecule has 0 amide bonds. The van der Waals surface area contributed by atoms with Crippen LogP contribution in [0.2, 0.25) is 0 Å². The molecule has 24 rings (SSSR count). The molecule has 1 aliphatic carbocycles. The van der Waals surface area contributed by atoms with Crippen molar-refractivity contribution in [1.29, 1.82) is 0 Å². The second-order valence-corrected chi connectivity index (χ2v) is 30.2. The van der Waals surface area contributed by atoms with E-state index in [1.807, 2.05) is 12.1 Å². The smallest absolute Gasteiger partial charge is 0.160 e. The van der Waals surface area contributed by atoms with Gasteiger partial charge in [0, 0.05) is 71.5 Å². The van der Waals surface area contributed by atoms with Crippen molar-refractivity contribution in [3.63, 3.8) is 0 Å². The summed E-state index contributed by atoms with van der Waals surface area (Å²) < 4.78 is 20.4. The largest absolute Gasteiger partial charge is 0.456 e. The van der Waals surface area contributed by atoms with Crippen LogP contribution < -0.4 is 0 Å². The Balaban J connectivity index is 0.000000135. The van der Waals surface area contributed by atoms with E-state index in [1.54, 1.807) is 0 Å². The van der Waals surface area contributed by atoms with Gasteiger partial charge in [-0.15, -0.1) is 0 Å². The number of furan rings is 2. The molecule has 0 aliphatic heterocycles. The third-order valence-corrected chi connectivity index (χ3v) is 23.8. The first kappa shape index (κ1) is 64.9. The molecule has 1 aliphatic rings. The molecule has 0 saturated carbocycles. The fraction of sp³-hybridized carbons (Fsp3) is 0.00917. The zero-order chi connectivity index (χ0) is 74.9. The normalized spacial score (nSPS) is 12.6. The van der Waals surface area contributed by atoms with Gasteiger partial charge in [-0.1, -0.05) is 297 Å². The summed E-state index contributed by atoms with van der Waals surface area (Å²) >= 11 is 0. The van der Waals surface area contributed by atoms with Crippen molar-refractivity contribution >= 4 is 109 Å². The van der Waals surface area contributed by atoms with Crippen LogP contribution in [-0.2, 0) is 0 Å². The lowest BCUT2D eigenvalue weighted by Crippen LogP contribution is -1.99. The molecule has 0 bridgehead atoms. The third-order valence-electron chi connectivity index (χ3n) is 23.8. The van der Waals surface area contributed by atoms with E-state index in [1.165, 1.54) is 138 Å². The van der Waals surface area contributed by atoms with E-state index in [4.69, 9.17) is 8.83 Å². The molecule has 1 atom stereocenters. The van der Waals surface area contributed by atoms with Gasteiger partial charge in [0.25, 0.3) is 0 Å². The van der Waals surface area contributed by atoms with E-state index in [9.17, 15) is 0 Å². The molecule has 0 fully saturated rings. The number of hydrogen-bond acceptors (Lipinski definition) is 2. The third kappa shape index (κ3) is 10.5. The predicted molar refractivity (Wildman–Crippen MR) is 476 cm³/mol. The highest BCUT2D eigenvalue weighted by Crippen LogP contribution is 2.51. The lowest BCUT2D eigenvalue weighted by Gasteiger charge is -2.16. The Hall–Kier alpha value is -15.0. The second-order valence-electron chi connectivity index (χ2n) is 30.2. The highest BCUT2D eigenvalue weighted by molar-refractivity contribution is 6.26. The number of para-hydroxylation sites is 3. The Kier molecular flexibility index (Phi) is 15.0. The first-order valence-corrected chi connectivity index (χ1v) is 39.2. The van der Waals surface area contributed by atoms with Gasteiger partial charge in [-0.05, 0) is 210 Å². The fourth-order valence-corrected chi connectivity index (χ4v) is 18.6. The Bertz CT molecular complexity index is 7790. The molecular weight excluding hydrogens is 1380 g/mol. The number of nitrogens with zero attached hydrogens (tertiary/aromatic N) is 3. The van der Waals surface area contributed by atoms with Gasteiger partial charge in [0.05, 0.1) is 38.5 Å². The highest BCUT2D eigenvalue weighted by Gasteiger charge is 2.31. The Morgan fingerprint density at radius 2 is 0.588 bits per heavy atom. The van der Waals surface area contributed by atoms with Gasteiger partial charge >= 0.3 is 0 Å². The average molecular weight is 1450 g/mol. The van der Waals surface area contributed by atoms with Crippen molar-refractivity contribution in [3.8, 4) is 95.0 Å². The first-order valence-electron chi connectivity index (χ1n) is 39.2. The average Bonchev–Trinajstić information content (AvgIpc) is 1.56. The standard InChI is InChI=1S/C55H35NO.C54H34N2O/c1-3-13-35(14-4-1)37-17-11-19-41(31-37)53-45-23-8-7-21-43(45)49-33-39(25-27-46(49)53)40-26-30-51-50(34-40)47-28-29-48-44-22-9-10-24-52(44)57-55(48)54(47)56(51)42-20-12-18-38(32-42)36-15-5-2-6-16-36;1-3-13-35(14-4-1)37-17-11-19-41(31-37)55-48-23-9-7-21-43(48)46-33-39(25-28-49(46)55)40-26-29-50-47(34-40)44-27-30-52-53(45-22-8-10-24-51(45)57-52)54(44)56(50)42-20-12-18-38(32-42)36-15-5-2-6-16-36/h1-34,53H;1-34H. The summed E-state index contributed by atoms with van der Waals surface area (Å²) in [6.45, 7) is 0. The summed E-state index contributed by atoms with van der Waals surface area (Å²) in [6.07, 6.45) is 0. The first-order chi connectivity index (χ1) is 56.5. The molecular formula is C109H69N3O2. The molecule has 0 N–H and O–H groups in total. The van der Waals surface area contributed by atoms with Gasteiger partial charge in [-0.2, -0.15) is 0 Å². The van der Waals surface area contributed by atoms with Crippen LogP contribution in [0.5, 0.6) is 0 Å². The predicted octanol–water partition coefficient (Wildman–Crippen LogP) is 29.6. The monoisotopic (exact) mass is 1450 g/mol. The molecule has 0 radical (unpaired) electrons.